The molecule has 2 nitrogen and oxygen atoms in total. The summed E-state index contributed by atoms with van der Waals surface area (Å²) in [5.41, 5.74) is 0. The van der Waals surface area contributed by atoms with Gasteiger partial charge in [-0.25, -0.2) is 0 Å². The number of amides is 1. The van der Waals surface area contributed by atoms with E-state index >= 15 is 0 Å². The molecule has 0 aromatic carbocycles. The van der Waals surface area contributed by atoms with Crippen LogP contribution < -0.4 is 5.32 Å². The summed E-state index contributed by atoms with van der Waals surface area (Å²) in [5, 5.41) is 2.13. The van der Waals surface area contributed by atoms with E-state index in [0.717, 1.165) is 6.92 Å². The number of hydrogen-bond donors (Lipinski definition) is 1. The van der Waals surface area contributed by atoms with Gasteiger partial charge in [0.1, 0.15) is 0 Å². The predicted molar refractivity (Wildman–Crippen MR) is 33.9 cm³/mol. The Morgan fingerprint density at radius 1 is 1.55 bits per heavy atom. The predicted octanol–water partition coefficient (Wildman–Crippen LogP) is 1.32. The minimum Gasteiger partial charge on any atom is -0.359 e. The van der Waals surface area contributed by atoms with Crippen molar-refractivity contribution < 1.29 is 18.0 Å². The van der Waals surface area contributed by atoms with E-state index in [2.05, 4.69) is 5.32 Å². The summed E-state index contributed by atoms with van der Waals surface area (Å²) in [6, 6.07) is 0. The van der Waals surface area contributed by atoms with E-state index in [4.69, 9.17) is 0 Å². The number of carbonyl (C=O) groups excluding carboxylic acids is 1. The molecule has 0 rings (SSSR count). The third-order valence-corrected chi connectivity index (χ3v) is 1.33. The summed E-state index contributed by atoms with van der Waals surface area (Å²) in [7, 11) is 1.31. The van der Waals surface area contributed by atoms with E-state index in [1.807, 2.05) is 0 Å². The van der Waals surface area contributed by atoms with Gasteiger partial charge in [-0.2, -0.15) is 13.2 Å². The first-order chi connectivity index (χ1) is 4.88. The molecule has 0 aliphatic rings. The highest BCUT2D eigenvalue weighted by atomic mass is 19.4. The fourth-order valence-corrected chi connectivity index (χ4v) is 0.496. The zero-order valence-corrected chi connectivity index (χ0v) is 6.33. The van der Waals surface area contributed by atoms with Gasteiger partial charge in [0.15, 0.2) is 0 Å². The Balaban J connectivity index is 3.87. The first-order valence-electron chi connectivity index (χ1n) is 3.15. The molecule has 0 bridgehead atoms. The van der Waals surface area contributed by atoms with Crippen molar-refractivity contribution in [2.24, 2.45) is 5.92 Å². The van der Waals surface area contributed by atoms with E-state index in [0.29, 0.717) is 0 Å². The van der Waals surface area contributed by atoms with Crippen LogP contribution in [-0.4, -0.2) is 19.1 Å². The Labute approximate surface area is 62.8 Å². The Hall–Kier alpha value is -0.740. The topological polar surface area (TPSA) is 29.1 Å². The normalized spacial score (nSPS) is 14.3. The summed E-state index contributed by atoms with van der Waals surface area (Å²) in [6.07, 6.45) is -4.77. The number of hydrogen-bond acceptors (Lipinski definition) is 1. The van der Waals surface area contributed by atoms with E-state index in [1.165, 1.54) is 7.05 Å². The molecule has 0 aromatic rings. The molecule has 0 aromatic heterocycles. The van der Waals surface area contributed by atoms with Crippen LogP contribution in [0.5, 0.6) is 0 Å². The molecule has 5 heteroatoms. The summed E-state index contributed by atoms with van der Waals surface area (Å²) >= 11 is 0. The van der Waals surface area contributed by atoms with Crippen molar-refractivity contribution in [1.82, 2.24) is 5.32 Å². The number of rotatable bonds is 2. The van der Waals surface area contributed by atoms with Crippen molar-refractivity contribution in [3.63, 3.8) is 0 Å². The van der Waals surface area contributed by atoms with Gasteiger partial charge < -0.3 is 5.32 Å². The first-order valence-corrected chi connectivity index (χ1v) is 3.15. The van der Waals surface area contributed by atoms with E-state index in [1.54, 1.807) is 0 Å². The van der Waals surface area contributed by atoms with Crippen molar-refractivity contribution in [3.8, 4) is 0 Å². The minimum atomic E-state index is -4.27. The zero-order valence-electron chi connectivity index (χ0n) is 6.33. The molecule has 0 fully saturated rings. The van der Waals surface area contributed by atoms with Crippen LogP contribution in [0.1, 0.15) is 13.3 Å². The quantitative estimate of drug-likeness (QED) is 0.663. The number of carbonyl (C=O) groups is 1. The average molecular weight is 169 g/mol. The van der Waals surface area contributed by atoms with Crippen LogP contribution in [0, 0.1) is 5.92 Å². The molecular formula is C6H10F3NO. The van der Waals surface area contributed by atoms with Crippen molar-refractivity contribution in [1.29, 1.82) is 0 Å². The molecular weight excluding hydrogens is 159 g/mol. The highest BCUT2D eigenvalue weighted by Gasteiger charge is 2.36. The van der Waals surface area contributed by atoms with Gasteiger partial charge in [-0.05, 0) is 0 Å². The minimum absolute atomic E-state index is 0.500. The van der Waals surface area contributed by atoms with Crippen molar-refractivity contribution in [2.45, 2.75) is 19.5 Å². The van der Waals surface area contributed by atoms with Crippen molar-refractivity contribution in [2.75, 3.05) is 7.05 Å². The number of nitrogens with one attached hydrogen (secondary N) is 1. The lowest BCUT2D eigenvalue weighted by atomic mass is 10.1. The molecule has 0 unspecified atom stereocenters. The Morgan fingerprint density at radius 3 is 2.27 bits per heavy atom. The fourth-order valence-electron chi connectivity index (χ4n) is 0.496. The van der Waals surface area contributed by atoms with Crippen LogP contribution in [0.3, 0.4) is 0 Å². The standard InChI is InChI=1S/C6H10F3NO/c1-4(6(7,8)9)3-5(11)10-2/h4H,3H2,1-2H3,(H,10,11)/t4-/m1/s1. The molecule has 0 saturated carbocycles. The fraction of sp³-hybridized carbons (Fsp3) is 0.833. The van der Waals surface area contributed by atoms with Crippen molar-refractivity contribution >= 4 is 5.91 Å². The number of alkyl halides is 3. The molecule has 1 amide bonds. The first kappa shape index (κ1) is 10.3. The largest absolute Gasteiger partial charge is 0.392 e. The Kier molecular flexibility index (Phi) is 3.35. The van der Waals surface area contributed by atoms with E-state index < -0.39 is 24.4 Å². The Bertz CT molecular complexity index is 143. The van der Waals surface area contributed by atoms with Gasteiger partial charge in [-0.15, -0.1) is 0 Å². The van der Waals surface area contributed by atoms with Gasteiger partial charge in [0, 0.05) is 13.5 Å². The molecule has 11 heavy (non-hydrogen) atoms. The maximum Gasteiger partial charge on any atom is 0.392 e. The van der Waals surface area contributed by atoms with Crippen LogP contribution in [0.15, 0.2) is 0 Å². The zero-order chi connectivity index (χ0) is 9.07. The smallest absolute Gasteiger partial charge is 0.359 e. The second-order valence-electron chi connectivity index (χ2n) is 2.32. The van der Waals surface area contributed by atoms with Gasteiger partial charge in [-0.1, -0.05) is 6.92 Å². The molecule has 66 valence electrons. The van der Waals surface area contributed by atoms with Gasteiger partial charge in [0.25, 0.3) is 0 Å². The summed E-state index contributed by atoms with van der Waals surface area (Å²) in [5.74, 6) is -2.16. The lowest BCUT2D eigenvalue weighted by molar-refractivity contribution is -0.174. The van der Waals surface area contributed by atoms with Crippen molar-refractivity contribution in [3.05, 3.63) is 0 Å². The summed E-state index contributed by atoms with van der Waals surface area (Å²) in [4.78, 5) is 10.5. The molecule has 0 aliphatic heterocycles. The molecule has 0 saturated heterocycles. The van der Waals surface area contributed by atoms with Gasteiger partial charge in [0.05, 0.1) is 5.92 Å². The van der Waals surface area contributed by atoms with Crippen LogP contribution in [0.25, 0.3) is 0 Å². The molecule has 0 spiro atoms. The van der Waals surface area contributed by atoms with Gasteiger partial charge in [-0.3, -0.25) is 4.79 Å². The van der Waals surface area contributed by atoms with Gasteiger partial charge >= 0.3 is 6.18 Å². The maximum atomic E-state index is 11.8. The molecule has 1 N–H and O–H groups in total. The molecule has 0 heterocycles. The van der Waals surface area contributed by atoms with E-state index in [-0.39, 0.29) is 0 Å². The van der Waals surface area contributed by atoms with Crippen LogP contribution >= 0.6 is 0 Å². The molecule has 0 aliphatic carbocycles. The maximum absolute atomic E-state index is 11.8. The van der Waals surface area contributed by atoms with Crippen LogP contribution in [0.2, 0.25) is 0 Å². The van der Waals surface area contributed by atoms with Crippen LogP contribution in [-0.2, 0) is 4.79 Å². The number of halogens is 3. The van der Waals surface area contributed by atoms with Gasteiger partial charge in [0.2, 0.25) is 5.91 Å². The molecule has 0 radical (unpaired) electrons. The summed E-state index contributed by atoms with van der Waals surface area (Å²) in [6.45, 7) is 0.981. The monoisotopic (exact) mass is 169 g/mol. The third kappa shape index (κ3) is 3.85. The lowest BCUT2D eigenvalue weighted by Gasteiger charge is -2.13. The molecule has 1 atom stereocenters. The third-order valence-electron chi connectivity index (χ3n) is 1.33. The van der Waals surface area contributed by atoms with E-state index in [9.17, 15) is 18.0 Å². The average Bonchev–Trinajstić information content (AvgIpc) is 1.85. The second kappa shape index (κ2) is 3.59. The summed E-state index contributed by atoms with van der Waals surface area (Å²) < 4.78 is 35.3. The second-order valence-corrected chi connectivity index (χ2v) is 2.32. The highest BCUT2D eigenvalue weighted by Crippen LogP contribution is 2.27. The highest BCUT2D eigenvalue weighted by molar-refractivity contribution is 5.75. The Morgan fingerprint density at radius 2 is 2.00 bits per heavy atom. The SMILES string of the molecule is CNC(=O)C[C@@H](C)C(F)(F)F. The lowest BCUT2D eigenvalue weighted by Crippen LogP contribution is -2.27. The van der Waals surface area contributed by atoms with Crippen LogP contribution in [0.4, 0.5) is 13.2 Å².